The Hall–Kier alpha value is -1.09. The van der Waals surface area contributed by atoms with Crippen molar-refractivity contribution in [3.8, 4) is 0 Å². The summed E-state index contributed by atoms with van der Waals surface area (Å²) in [6.45, 7) is 11.1. The van der Waals surface area contributed by atoms with Gasteiger partial charge in [0.25, 0.3) is 0 Å². The van der Waals surface area contributed by atoms with Crippen LogP contribution in [-0.2, 0) is 6.42 Å². The molecule has 20 heavy (non-hydrogen) atoms. The maximum Gasteiger partial charge on any atom is 0.173 e. The summed E-state index contributed by atoms with van der Waals surface area (Å²) in [4.78, 5) is 2.34. The Balaban J connectivity index is 2.90. The molecule has 0 aliphatic rings. The fourth-order valence-corrected chi connectivity index (χ4v) is 2.83. The van der Waals surface area contributed by atoms with Crippen LogP contribution in [0.25, 0.3) is 0 Å². The molecule has 0 bridgehead atoms. The van der Waals surface area contributed by atoms with E-state index in [4.69, 9.17) is 12.2 Å². The standard InChI is InChI=1S/C17H28N2S/c1-6-13(4)19(14(5)7-2)17(20)18-16-12-10-9-11-15(16)8-3/h9-14H,6-8H2,1-5H3,(H,18,20)/t13-,14-/m1/s1. The van der Waals surface area contributed by atoms with E-state index in [1.807, 2.05) is 0 Å². The van der Waals surface area contributed by atoms with Crippen LogP contribution in [0.3, 0.4) is 0 Å². The smallest absolute Gasteiger partial charge is 0.173 e. The van der Waals surface area contributed by atoms with Gasteiger partial charge in [-0.25, -0.2) is 0 Å². The van der Waals surface area contributed by atoms with E-state index < -0.39 is 0 Å². The summed E-state index contributed by atoms with van der Waals surface area (Å²) >= 11 is 5.66. The highest BCUT2D eigenvalue weighted by atomic mass is 32.1. The zero-order chi connectivity index (χ0) is 15.1. The van der Waals surface area contributed by atoms with Crippen molar-refractivity contribution in [3.63, 3.8) is 0 Å². The number of hydrogen-bond acceptors (Lipinski definition) is 1. The lowest BCUT2D eigenvalue weighted by molar-refractivity contribution is 0.254. The van der Waals surface area contributed by atoms with E-state index in [-0.39, 0.29) is 0 Å². The Kier molecular flexibility index (Phi) is 7.00. The number of anilines is 1. The van der Waals surface area contributed by atoms with Crippen LogP contribution >= 0.6 is 12.2 Å². The van der Waals surface area contributed by atoms with Gasteiger partial charge in [0.2, 0.25) is 0 Å². The number of hydrogen-bond donors (Lipinski definition) is 1. The normalized spacial score (nSPS) is 13.7. The van der Waals surface area contributed by atoms with Gasteiger partial charge < -0.3 is 10.2 Å². The van der Waals surface area contributed by atoms with Crippen molar-refractivity contribution in [1.29, 1.82) is 0 Å². The average molecular weight is 292 g/mol. The predicted octanol–water partition coefficient (Wildman–Crippen LogP) is 4.84. The number of aryl methyl sites for hydroxylation is 1. The van der Waals surface area contributed by atoms with Gasteiger partial charge in [-0.1, -0.05) is 39.0 Å². The molecule has 112 valence electrons. The zero-order valence-corrected chi connectivity index (χ0v) is 14.3. The molecule has 0 aliphatic heterocycles. The molecule has 0 heterocycles. The second kappa shape index (κ2) is 8.25. The number of thiocarbonyl (C=S) groups is 1. The summed E-state index contributed by atoms with van der Waals surface area (Å²) in [7, 11) is 0. The largest absolute Gasteiger partial charge is 0.344 e. The Morgan fingerprint density at radius 1 is 1.10 bits per heavy atom. The summed E-state index contributed by atoms with van der Waals surface area (Å²) in [5.74, 6) is 0. The predicted molar refractivity (Wildman–Crippen MR) is 93.4 cm³/mol. The molecular weight excluding hydrogens is 264 g/mol. The molecule has 0 aromatic heterocycles. The molecule has 2 atom stereocenters. The lowest BCUT2D eigenvalue weighted by Crippen LogP contribution is -2.46. The van der Waals surface area contributed by atoms with Crippen LogP contribution in [0.1, 0.15) is 53.0 Å². The van der Waals surface area contributed by atoms with Crippen molar-refractivity contribution in [2.75, 3.05) is 5.32 Å². The number of rotatable bonds is 6. The average Bonchev–Trinajstić information content (AvgIpc) is 2.47. The minimum Gasteiger partial charge on any atom is -0.344 e. The van der Waals surface area contributed by atoms with Crippen molar-refractivity contribution < 1.29 is 0 Å². The quantitative estimate of drug-likeness (QED) is 0.755. The monoisotopic (exact) mass is 292 g/mol. The minimum absolute atomic E-state index is 0.457. The van der Waals surface area contributed by atoms with Crippen LogP contribution in [0.5, 0.6) is 0 Å². The Morgan fingerprint density at radius 2 is 1.65 bits per heavy atom. The third kappa shape index (κ3) is 4.20. The van der Waals surface area contributed by atoms with Crippen molar-refractivity contribution in [1.82, 2.24) is 4.90 Å². The third-order valence-electron chi connectivity index (χ3n) is 4.01. The topological polar surface area (TPSA) is 15.3 Å². The van der Waals surface area contributed by atoms with Crippen molar-refractivity contribution in [3.05, 3.63) is 29.8 Å². The zero-order valence-electron chi connectivity index (χ0n) is 13.4. The van der Waals surface area contributed by atoms with Crippen LogP contribution in [0.15, 0.2) is 24.3 Å². The van der Waals surface area contributed by atoms with Gasteiger partial charge >= 0.3 is 0 Å². The van der Waals surface area contributed by atoms with Gasteiger partial charge in [0.05, 0.1) is 0 Å². The highest BCUT2D eigenvalue weighted by Gasteiger charge is 2.21. The molecule has 0 saturated heterocycles. The molecule has 0 amide bonds. The SMILES string of the molecule is CCc1ccccc1NC(=S)N([C@H](C)CC)[C@H](C)CC. The molecule has 3 heteroatoms. The second-order valence-corrected chi connectivity index (χ2v) is 5.75. The van der Waals surface area contributed by atoms with Crippen LogP contribution < -0.4 is 5.32 Å². The van der Waals surface area contributed by atoms with Crippen LogP contribution in [0.4, 0.5) is 5.69 Å². The number of nitrogens with zero attached hydrogens (tertiary/aromatic N) is 1. The van der Waals surface area contributed by atoms with Crippen molar-refractivity contribution in [2.45, 2.75) is 66.0 Å². The van der Waals surface area contributed by atoms with Gasteiger partial charge in [-0.2, -0.15) is 0 Å². The highest BCUT2D eigenvalue weighted by Crippen LogP contribution is 2.19. The highest BCUT2D eigenvalue weighted by molar-refractivity contribution is 7.80. The number of para-hydroxylation sites is 1. The van der Waals surface area contributed by atoms with Gasteiger partial charge in [-0.3, -0.25) is 0 Å². The Bertz CT molecular complexity index is 421. The van der Waals surface area contributed by atoms with E-state index in [0.717, 1.165) is 30.1 Å². The molecule has 0 saturated carbocycles. The summed E-state index contributed by atoms with van der Waals surface area (Å²) < 4.78 is 0. The molecule has 0 fully saturated rings. The first-order valence-electron chi connectivity index (χ1n) is 7.72. The molecule has 0 unspecified atom stereocenters. The van der Waals surface area contributed by atoms with Crippen molar-refractivity contribution in [2.24, 2.45) is 0 Å². The van der Waals surface area contributed by atoms with E-state index in [2.05, 4.69) is 69.1 Å². The van der Waals surface area contributed by atoms with E-state index in [1.54, 1.807) is 0 Å². The second-order valence-electron chi connectivity index (χ2n) is 5.36. The first-order valence-corrected chi connectivity index (χ1v) is 8.13. The minimum atomic E-state index is 0.457. The van der Waals surface area contributed by atoms with Crippen molar-refractivity contribution >= 4 is 23.0 Å². The van der Waals surface area contributed by atoms with E-state index in [1.165, 1.54) is 5.56 Å². The third-order valence-corrected chi connectivity index (χ3v) is 4.32. The molecule has 1 N–H and O–H groups in total. The molecule has 1 rings (SSSR count). The van der Waals surface area contributed by atoms with Crippen LogP contribution in [0, 0.1) is 0 Å². The first-order chi connectivity index (χ1) is 9.54. The summed E-state index contributed by atoms with van der Waals surface area (Å²) in [5.41, 5.74) is 2.44. The first kappa shape index (κ1) is 17.0. The van der Waals surface area contributed by atoms with E-state index in [0.29, 0.717) is 12.1 Å². The maximum atomic E-state index is 5.66. The van der Waals surface area contributed by atoms with Gasteiger partial charge in [-0.15, -0.1) is 0 Å². The van der Waals surface area contributed by atoms with Crippen LogP contribution in [0.2, 0.25) is 0 Å². The maximum absolute atomic E-state index is 5.66. The molecule has 0 spiro atoms. The molecule has 0 radical (unpaired) electrons. The number of nitrogens with one attached hydrogen (secondary N) is 1. The molecular formula is C17H28N2S. The van der Waals surface area contributed by atoms with E-state index in [9.17, 15) is 0 Å². The summed E-state index contributed by atoms with van der Waals surface area (Å²) in [5, 5.41) is 4.29. The molecule has 1 aromatic carbocycles. The lowest BCUT2D eigenvalue weighted by Gasteiger charge is -2.36. The van der Waals surface area contributed by atoms with Gasteiger partial charge in [-0.05, 0) is 57.0 Å². The Labute approximate surface area is 129 Å². The molecule has 1 aromatic rings. The molecule has 0 aliphatic carbocycles. The Morgan fingerprint density at radius 3 is 2.15 bits per heavy atom. The number of benzene rings is 1. The van der Waals surface area contributed by atoms with Crippen LogP contribution in [-0.4, -0.2) is 22.1 Å². The van der Waals surface area contributed by atoms with Gasteiger partial charge in [0.15, 0.2) is 5.11 Å². The van der Waals surface area contributed by atoms with Gasteiger partial charge in [0.1, 0.15) is 0 Å². The fraction of sp³-hybridized carbons (Fsp3) is 0.588. The summed E-state index contributed by atoms with van der Waals surface area (Å²) in [6, 6.07) is 9.31. The van der Waals surface area contributed by atoms with Gasteiger partial charge in [0, 0.05) is 17.8 Å². The summed E-state index contributed by atoms with van der Waals surface area (Å²) in [6.07, 6.45) is 3.21. The lowest BCUT2D eigenvalue weighted by atomic mass is 10.1. The fourth-order valence-electron chi connectivity index (χ4n) is 2.36. The van der Waals surface area contributed by atoms with E-state index >= 15 is 0 Å². The molecule has 2 nitrogen and oxygen atoms in total.